The van der Waals surface area contributed by atoms with Gasteiger partial charge < -0.3 is 10.2 Å². The van der Waals surface area contributed by atoms with E-state index in [0.29, 0.717) is 17.9 Å². The lowest BCUT2D eigenvalue weighted by molar-refractivity contribution is -0.141. The Hall–Kier alpha value is -1.55. The van der Waals surface area contributed by atoms with Gasteiger partial charge in [-0.2, -0.15) is 0 Å². The average molecular weight is 307 g/mol. The number of likely N-dealkylation sites (tertiary alicyclic amines) is 1. The van der Waals surface area contributed by atoms with Gasteiger partial charge in [0.05, 0.1) is 0 Å². The minimum Gasteiger partial charge on any atom is -0.342 e. The van der Waals surface area contributed by atoms with Crippen LogP contribution < -0.4 is 5.32 Å². The van der Waals surface area contributed by atoms with Crippen LogP contribution in [0.1, 0.15) is 31.2 Å². The Morgan fingerprint density at radius 2 is 1.90 bits per heavy atom. The summed E-state index contributed by atoms with van der Waals surface area (Å²) in [6, 6.07) is 5.33. The number of rotatable bonds is 3. The second-order valence-electron chi connectivity index (χ2n) is 5.99. The van der Waals surface area contributed by atoms with Crippen LogP contribution in [0.15, 0.2) is 18.2 Å². The van der Waals surface area contributed by atoms with Gasteiger partial charge in [-0.1, -0.05) is 11.6 Å². The molecular weight excluding hydrogens is 288 g/mol. The smallest absolute Gasteiger partial charge is 0.240 e. The minimum absolute atomic E-state index is 0.00381. The van der Waals surface area contributed by atoms with Crippen LogP contribution in [0.5, 0.6) is 0 Å². The molecule has 1 aliphatic carbocycles. The number of halogens is 1. The fraction of sp³-hybridized carbons (Fsp3) is 0.500. The summed E-state index contributed by atoms with van der Waals surface area (Å²) in [6.07, 6.45) is 3.39. The van der Waals surface area contributed by atoms with Crippen LogP contribution in [0.25, 0.3) is 0 Å². The van der Waals surface area contributed by atoms with Crippen LogP contribution >= 0.6 is 11.6 Å². The Morgan fingerprint density at radius 3 is 2.48 bits per heavy atom. The normalized spacial score (nSPS) is 19.4. The first-order valence-electron chi connectivity index (χ1n) is 7.40. The van der Waals surface area contributed by atoms with E-state index in [2.05, 4.69) is 5.32 Å². The van der Waals surface area contributed by atoms with E-state index in [1.165, 1.54) is 0 Å². The van der Waals surface area contributed by atoms with Crippen molar-refractivity contribution in [1.82, 2.24) is 4.90 Å². The molecule has 2 amide bonds. The Labute approximate surface area is 129 Å². The summed E-state index contributed by atoms with van der Waals surface area (Å²) in [5.41, 5.74) is 0.807. The Balaban J connectivity index is 1.74. The van der Waals surface area contributed by atoms with Gasteiger partial charge in [-0.05, 0) is 56.4 Å². The van der Waals surface area contributed by atoms with E-state index >= 15 is 0 Å². The van der Waals surface area contributed by atoms with E-state index in [9.17, 15) is 9.59 Å². The molecule has 0 atom stereocenters. The van der Waals surface area contributed by atoms with E-state index in [1.807, 2.05) is 11.8 Å². The molecule has 0 aromatic heterocycles. The van der Waals surface area contributed by atoms with Crippen molar-refractivity contribution < 1.29 is 9.59 Å². The monoisotopic (exact) mass is 306 g/mol. The topological polar surface area (TPSA) is 49.4 Å². The lowest BCUT2D eigenvalue weighted by Crippen LogP contribution is -2.41. The number of anilines is 1. The Bertz CT molecular complexity index is 590. The molecule has 1 aromatic rings. The molecule has 2 fully saturated rings. The lowest BCUT2D eigenvalue weighted by Gasteiger charge is -2.22. The van der Waals surface area contributed by atoms with Crippen molar-refractivity contribution in [2.24, 2.45) is 5.41 Å². The first-order chi connectivity index (χ1) is 10.0. The van der Waals surface area contributed by atoms with Crippen LogP contribution in [0, 0.1) is 12.3 Å². The number of carbonyl (C=O) groups excluding carboxylic acids is 2. The summed E-state index contributed by atoms with van der Waals surface area (Å²) in [6.45, 7) is 3.46. The molecule has 1 aromatic carbocycles. The van der Waals surface area contributed by atoms with Crippen molar-refractivity contribution in [2.45, 2.75) is 32.6 Å². The first-order valence-corrected chi connectivity index (χ1v) is 7.78. The number of carbonyl (C=O) groups is 2. The third-order valence-corrected chi connectivity index (χ3v) is 4.66. The molecular formula is C16H19ClN2O2. The van der Waals surface area contributed by atoms with Gasteiger partial charge in [-0.3, -0.25) is 9.59 Å². The Kier molecular flexibility index (Phi) is 3.66. The number of hydrogen-bond donors (Lipinski definition) is 1. The molecule has 0 radical (unpaired) electrons. The maximum absolute atomic E-state index is 12.5. The van der Waals surface area contributed by atoms with Gasteiger partial charge in [0.15, 0.2) is 0 Å². The molecule has 112 valence electrons. The van der Waals surface area contributed by atoms with Gasteiger partial charge in [0.1, 0.15) is 5.41 Å². The predicted molar refractivity (Wildman–Crippen MR) is 82.3 cm³/mol. The summed E-state index contributed by atoms with van der Waals surface area (Å²) in [5.74, 6) is -0.172. The molecule has 0 bridgehead atoms. The zero-order valence-corrected chi connectivity index (χ0v) is 12.9. The molecule has 1 heterocycles. The van der Waals surface area contributed by atoms with Gasteiger partial charge in [0.25, 0.3) is 0 Å². The maximum Gasteiger partial charge on any atom is 0.240 e. The van der Waals surface area contributed by atoms with Gasteiger partial charge in [0, 0.05) is 23.8 Å². The molecule has 4 nitrogen and oxygen atoms in total. The van der Waals surface area contributed by atoms with Gasteiger partial charge in [-0.15, -0.1) is 0 Å². The SMILES string of the molecule is Cc1cc(Cl)ccc1NC(=O)C1(C(=O)N2CCCC2)CC1. The highest BCUT2D eigenvalue weighted by Crippen LogP contribution is 2.48. The van der Waals surface area contributed by atoms with Crippen molar-refractivity contribution in [3.63, 3.8) is 0 Å². The summed E-state index contributed by atoms with van der Waals surface area (Å²) in [7, 11) is 0. The third kappa shape index (κ3) is 2.64. The maximum atomic E-state index is 12.5. The first kappa shape index (κ1) is 14.4. The molecule has 1 N–H and O–H groups in total. The van der Waals surface area contributed by atoms with Crippen molar-refractivity contribution in [1.29, 1.82) is 0 Å². The van der Waals surface area contributed by atoms with Gasteiger partial charge in [-0.25, -0.2) is 0 Å². The highest BCUT2D eigenvalue weighted by molar-refractivity contribution is 6.30. The summed E-state index contributed by atoms with van der Waals surface area (Å²) >= 11 is 5.92. The van der Waals surface area contributed by atoms with Crippen molar-refractivity contribution >= 4 is 29.1 Å². The molecule has 3 rings (SSSR count). The summed E-state index contributed by atoms with van der Waals surface area (Å²) < 4.78 is 0. The quantitative estimate of drug-likeness (QED) is 0.873. The number of amides is 2. The molecule has 2 aliphatic rings. The summed E-state index contributed by atoms with van der Waals surface area (Å²) in [4.78, 5) is 26.9. The van der Waals surface area contributed by atoms with E-state index in [4.69, 9.17) is 11.6 Å². The fourth-order valence-corrected chi connectivity index (χ4v) is 3.12. The van der Waals surface area contributed by atoms with Crippen LogP contribution in [0.2, 0.25) is 5.02 Å². The zero-order valence-electron chi connectivity index (χ0n) is 12.1. The van der Waals surface area contributed by atoms with Crippen LogP contribution in [0.4, 0.5) is 5.69 Å². The molecule has 5 heteroatoms. The van der Waals surface area contributed by atoms with Gasteiger partial charge in [0.2, 0.25) is 11.8 Å². The number of nitrogens with zero attached hydrogens (tertiary/aromatic N) is 1. The standard InChI is InChI=1S/C16H19ClN2O2/c1-11-10-12(17)4-5-13(11)18-14(20)16(6-7-16)15(21)19-8-2-3-9-19/h4-5,10H,2-3,6-9H2,1H3,(H,18,20). The molecule has 0 unspecified atom stereocenters. The van der Waals surface area contributed by atoms with Crippen molar-refractivity contribution in [3.05, 3.63) is 28.8 Å². The zero-order chi connectivity index (χ0) is 15.0. The average Bonchev–Trinajstić information content (AvgIpc) is 3.08. The highest BCUT2D eigenvalue weighted by atomic mass is 35.5. The number of hydrogen-bond acceptors (Lipinski definition) is 2. The van der Waals surface area contributed by atoms with Crippen molar-refractivity contribution in [2.75, 3.05) is 18.4 Å². The molecule has 1 aliphatic heterocycles. The molecule has 21 heavy (non-hydrogen) atoms. The van der Waals surface area contributed by atoms with Crippen LogP contribution in [0.3, 0.4) is 0 Å². The lowest BCUT2D eigenvalue weighted by atomic mass is 10.0. The number of aryl methyl sites for hydroxylation is 1. The molecule has 0 spiro atoms. The molecule has 1 saturated carbocycles. The van der Waals surface area contributed by atoms with E-state index in [0.717, 1.165) is 37.2 Å². The Morgan fingerprint density at radius 1 is 1.24 bits per heavy atom. The third-order valence-electron chi connectivity index (χ3n) is 4.42. The van der Waals surface area contributed by atoms with Crippen LogP contribution in [-0.4, -0.2) is 29.8 Å². The predicted octanol–water partition coefficient (Wildman–Crippen LogP) is 2.99. The second kappa shape index (κ2) is 5.34. The fourth-order valence-electron chi connectivity index (χ4n) is 2.90. The van der Waals surface area contributed by atoms with E-state index < -0.39 is 5.41 Å². The number of benzene rings is 1. The van der Waals surface area contributed by atoms with Crippen molar-refractivity contribution in [3.8, 4) is 0 Å². The van der Waals surface area contributed by atoms with E-state index in [-0.39, 0.29) is 11.8 Å². The number of nitrogens with one attached hydrogen (secondary N) is 1. The second-order valence-corrected chi connectivity index (χ2v) is 6.43. The van der Waals surface area contributed by atoms with E-state index in [1.54, 1.807) is 18.2 Å². The van der Waals surface area contributed by atoms with Crippen LogP contribution in [-0.2, 0) is 9.59 Å². The minimum atomic E-state index is -0.823. The largest absolute Gasteiger partial charge is 0.342 e. The highest BCUT2D eigenvalue weighted by Gasteiger charge is 2.58. The molecule has 1 saturated heterocycles. The van der Waals surface area contributed by atoms with Gasteiger partial charge >= 0.3 is 0 Å². The summed E-state index contributed by atoms with van der Waals surface area (Å²) in [5, 5.41) is 3.54.